The fraction of sp³-hybridized carbons (Fsp3) is 0.375. The molecule has 0 spiro atoms. The minimum absolute atomic E-state index is 0.0444. The Hall–Kier alpha value is -2.70. The van der Waals surface area contributed by atoms with Gasteiger partial charge in [-0.1, -0.05) is 30.3 Å². The highest BCUT2D eigenvalue weighted by molar-refractivity contribution is 7.77. The molecule has 5 nitrogen and oxygen atoms in total. The molecule has 1 N–H and O–H groups in total. The maximum Gasteiger partial charge on any atom is 0.344 e. The Morgan fingerprint density at radius 1 is 1.07 bits per heavy atom. The van der Waals surface area contributed by atoms with Gasteiger partial charge in [0.25, 0.3) is 5.91 Å². The maximum absolute atomic E-state index is 12.9. The second-order valence-electron chi connectivity index (χ2n) is 8.10. The number of benzene rings is 2. The third-order valence-corrected chi connectivity index (χ3v) is 10.0. The van der Waals surface area contributed by atoms with Gasteiger partial charge in [0.2, 0.25) is 0 Å². The van der Waals surface area contributed by atoms with Crippen molar-refractivity contribution in [3.8, 4) is 6.07 Å². The average molecular weight is 423 g/mol. The third-order valence-electron chi connectivity index (χ3n) is 5.63. The van der Waals surface area contributed by atoms with Crippen LogP contribution in [0.2, 0.25) is 0 Å². The van der Waals surface area contributed by atoms with E-state index in [4.69, 9.17) is 10.00 Å². The van der Waals surface area contributed by atoms with E-state index in [9.17, 15) is 9.59 Å². The maximum atomic E-state index is 12.9. The summed E-state index contributed by atoms with van der Waals surface area (Å²) in [5.41, 5.74) is 4.07. The zero-order chi connectivity index (χ0) is 21.6. The van der Waals surface area contributed by atoms with E-state index >= 15 is 0 Å². The number of carbonyl (C=O) groups excluding carboxylic acids is 2. The summed E-state index contributed by atoms with van der Waals surface area (Å²) < 4.78 is 5.51. The van der Waals surface area contributed by atoms with E-state index in [1.165, 1.54) is 0 Å². The first-order valence-electron chi connectivity index (χ1n) is 10.3. The number of hydrogen-bond acceptors (Lipinski definition) is 4. The summed E-state index contributed by atoms with van der Waals surface area (Å²) in [4.78, 5) is 25.4. The van der Waals surface area contributed by atoms with Crippen LogP contribution in [-0.2, 0) is 20.9 Å². The molecule has 1 aliphatic rings. The molecule has 6 heteroatoms. The van der Waals surface area contributed by atoms with E-state index in [0.29, 0.717) is 17.9 Å². The lowest BCUT2D eigenvalue weighted by atomic mass is 10.0. The molecule has 156 valence electrons. The lowest BCUT2D eigenvalue weighted by Crippen LogP contribution is -2.25. The summed E-state index contributed by atoms with van der Waals surface area (Å²) in [5.74, 6) is -0.246. The number of ether oxygens (including phenoxy) is 1. The Bertz CT molecular complexity index is 937. The van der Waals surface area contributed by atoms with Crippen molar-refractivity contribution >= 4 is 24.8 Å². The van der Waals surface area contributed by atoms with Gasteiger partial charge in [-0.3, -0.25) is 4.79 Å². The van der Waals surface area contributed by atoms with Gasteiger partial charge in [-0.2, -0.15) is 5.26 Å². The largest absolute Gasteiger partial charge is 0.458 e. The van der Waals surface area contributed by atoms with Crippen molar-refractivity contribution in [3.63, 3.8) is 0 Å². The molecule has 1 fully saturated rings. The molecule has 0 aliphatic carbocycles. The third kappa shape index (κ3) is 5.68. The van der Waals surface area contributed by atoms with Crippen molar-refractivity contribution in [3.05, 3.63) is 64.7 Å². The van der Waals surface area contributed by atoms with E-state index in [1.807, 2.05) is 44.2 Å². The Labute approximate surface area is 178 Å². The normalized spacial score (nSPS) is 14.7. The van der Waals surface area contributed by atoms with Crippen LogP contribution in [0.1, 0.15) is 35.1 Å². The first-order valence-corrected chi connectivity index (χ1v) is 12.8. The number of hydrogen-bond donors (Lipinski definition) is 1. The minimum Gasteiger partial charge on any atom is -0.458 e. The predicted octanol–water partition coefficient (Wildman–Crippen LogP) is 4.67. The molecule has 2 aromatic carbocycles. The number of amides is 1. The highest BCUT2D eigenvalue weighted by Crippen LogP contribution is 2.63. The molecule has 0 saturated carbocycles. The van der Waals surface area contributed by atoms with Crippen LogP contribution in [0.15, 0.2) is 42.5 Å². The lowest BCUT2D eigenvalue weighted by molar-refractivity contribution is -0.141. The fourth-order valence-electron chi connectivity index (χ4n) is 4.14. The van der Waals surface area contributed by atoms with Gasteiger partial charge < -0.3 is 10.1 Å². The quantitative estimate of drug-likeness (QED) is 0.519. The highest BCUT2D eigenvalue weighted by atomic mass is 31.2. The van der Waals surface area contributed by atoms with Crippen LogP contribution in [0.25, 0.3) is 0 Å². The van der Waals surface area contributed by atoms with Gasteiger partial charge in [-0.15, -0.1) is 0 Å². The van der Waals surface area contributed by atoms with Crippen molar-refractivity contribution in [1.82, 2.24) is 0 Å². The summed E-state index contributed by atoms with van der Waals surface area (Å²) in [6.45, 7) is 4.06. The number of esters is 1. The molecule has 2 aromatic rings. The first kappa shape index (κ1) is 22.0. The molecule has 0 unspecified atom stereocenters. The molecule has 1 saturated heterocycles. The first-order chi connectivity index (χ1) is 14.4. The van der Waals surface area contributed by atoms with Gasteiger partial charge in [-0.05, 0) is 55.5 Å². The highest BCUT2D eigenvalue weighted by Gasteiger charge is 2.45. The van der Waals surface area contributed by atoms with Crippen LogP contribution in [0.5, 0.6) is 0 Å². The Morgan fingerprint density at radius 2 is 1.70 bits per heavy atom. The number of nitrogens with zero attached hydrogens (tertiary/aromatic N) is 1. The second kappa shape index (κ2) is 9.87. The number of anilines is 1. The Kier molecular flexibility index (Phi) is 7.24. The smallest absolute Gasteiger partial charge is 0.344 e. The zero-order valence-corrected chi connectivity index (χ0v) is 18.5. The number of carbonyl (C=O) groups is 2. The standard InChI is InChI=1S/C24H27N2O3P/c1-18-12-21(14-25)13-19(2)24(18)26-22(27)16-30(10-6-7-11-30)17-23(28)29-15-20-8-4-3-5-9-20/h3-5,8-9,12-13H,6-7,10-11,15-17H2,1-2H3/p+1. The molecular weight excluding hydrogens is 395 g/mol. The molecular formula is C24H28N2O3P+. The molecule has 30 heavy (non-hydrogen) atoms. The van der Waals surface area contributed by atoms with Gasteiger partial charge in [0.05, 0.1) is 24.0 Å². The molecule has 0 radical (unpaired) electrons. The summed E-state index contributed by atoms with van der Waals surface area (Å²) in [5, 5.41) is 12.1. The van der Waals surface area contributed by atoms with E-state index < -0.39 is 7.26 Å². The summed E-state index contributed by atoms with van der Waals surface area (Å²) in [6.07, 6.45) is 4.85. The fourth-order valence-corrected chi connectivity index (χ4v) is 8.23. The van der Waals surface area contributed by atoms with E-state index in [2.05, 4.69) is 11.4 Å². The second-order valence-corrected chi connectivity index (χ2v) is 12.3. The summed E-state index contributed by atoms with van der Waals surface area (Å²) in [7, 11) is -1.70. The molecule has 1 heterocycles. The van der Waals surface area contributed by atoms with E-state index in [0.717, 1.165) is 47.5 Å². The number of nitriles is 1. The van der Waals surface area contributed by atoms with Crippen LogP contribution in [0.4, 0.5) is 5.69 Å². The topological polar surface area (TPSA) is 79.2 Å². The Morgan fingerprint density at radius 3 is 2.30 bits per heavy atom. The van der Waals surface area contributed by atoms with Crippen LogP contribution in [-0.4, -0.2) is 36.5 Å². The van der Waals surface area contributed by atoms with Crippen molar-refractivity contribution in [2.45, 2.75) is 33.3 Å². The molecule has 0 atom stereocenters. The van der Waals surface area contributed by atoms with Gasteiger partial charge in [-0.25, -0.2) is 4.79 Å². The van der Waals surface area contributed by atoms with Gasteiger partial charge in [0, 0.05) is 12.9 Å². The van der Waals surface area contributed by atoms with Crippen molar-refractivity contribution in [2.24, 2.45) is 0 Å². The van der Waals surface area contributed by atoms with Crippen LogP contribution >= 0.6 is 7.26 Å². The number of rotatable bonds is 7. The predicted molar refractivity (Wildman–Crippen MR) is 121 cm³/mol. The molecule has 3 rings (SSSR count). The van der Waals surface area contributed by atoms with Crippen LogP contribution in [0.3, 0.4) is 0 Å². The van der Waals surface area contributed by atoms with E-state index in [1.54, 1.807) is 12.1 Å². The Balaban J connectivity index is 1.62. The van der Waals surface area contributed by atoms with Gasteiger partial charge in [0.15, 0.2) is 6.16 Å². The van der Waals surface area contributed by atoms with Gasteiger partial charge >= 0.3 is 5.97 Å². The minimum atomic E-state index is -1.70. The summed E-state index contributed by atoms with van der Waals surface area (Å²) >= 11 is 0. The van der Waals surface area contributed by atoms with Crippen LogP contribution in [0, 0.1) is 25.2 Å². The van der Waals surface area contributed by atoms with Crippen molar-refractivity contribution in [2.75, 3.05) is 30.0 Å². The van der Waals surface area contributed by atoms with Crippen molar-refractivity contribution < 1.29 is 14.3 Å². The molecule has 0 bridgehead atoms. The molecule has 1 aliphatic heterocycles. The summed E-state index contributed by atoms with van der Waals surface area (Å²) in [6, 6.07) is 15.3. The molecule has 1 amide bonds. The lowest BCUT2D eigenvalue weighted by Gasteiger charge is -2.21. The van der Waals surface area contributed by atoms with Crippen LogP contribution < -0.4 is 5.32 Å². The number of nitrogens with one attached hydrogen (secondary N) is 1. The number of aryl methyl sites for hydroxylation is 2. The van der Waals surface area contributed by atoms with E-state index in [-0.39, 0.29) is 18.5 Å². The zero-order valence-electron chi connectivity index (χ0n) is 17.6. The monoisotopic (exact) mass is 423 g/mol. The molecule has 0 aromatic heterocycles. The van der Waals surface area contributed by atoms with Crippen molar-refractivity contribution in [1.29, 1.82) is 5.26 Å². The van der Waals surface area contributed by atoms with Gasteiger partial charge in [0.1, 0.15) is 12.8 Å². The SMILES string of the molecule is Cc1cc(C#N)cc(C)c1NC(=O)C[P+]1(CC(=O)OCc2ccccc2)CCCC1. The average Bonchev–Trinajstić information content (AvgIpc) is 3.17.